The van der Waals surface area contributed by atoms with E-state index in [0.717, 1.165) is 0 Å². The number of hydrogen-bond donors (Lipinski definition) is 1. The minimum Gasteiger partial charge on any atom is -0.550 e. The fourth-order valence-corrected chi connectivity index (χ4v) is 2.86. The van der Waals surface area contributed by atoms with E-state index in [1.165, 1.54) is 4.90 Å². The molecule has 0 aliphatic carbocycles. The number of nitrogens with zero attached hydrogens (tertiary/aromatic N) is 1. The van der Waals surface area contributed by atoms with Crippen LogP contribution in [0, 0.1) is 0 Å². The molecule has 3 rings (SSSR count). The number of carbonyl (C=O) groups is 2. The highest BCUT2D eigenvalue weighted by Crippen LogP contribution is 2.25. The Bertz CT molecular complexity index is 824. The van der Waals surface area contributed by atoms with E-state index in [0.29, 0.717) is 23.7 Å². The van der Waals surface area contributed by atoms with Crippen molar-refractivity contribution in [1.82, 2.24) is 0 Å². The van der Waals surface area contributed by atoms with Gasteiger partial charge in [0.25, 0.3) is 5.91 Å². The number of carboxylic acids is 1. The molecular weight excluding hydrogens is 344 g/mol. The number of nitrogens with two attached hydrogens (primary N) is 1. The lowest BCUT2D eigenvalue weighted by molar-refractivity contribution is -0.693. The first-order chi connectivity index (χ1) is 13.1. The normalized spacial score (nSPS) is 11.7. The number of carbonyl (C=O) groups excluding carboxylic acids is 2. The van der Waals surface area contributed by atoms with Crippen LogP contribution in [0.2, 0.25) is 0 Å². The highest BCUT2D eigenvalue weighted by atomic mass is 16.4. The molecule has 0 bridgehead atoms. The summed E-state index contributed by atoms with van der Waals surface area (Å²) in [4.78, 5) is 26.1. The van der Waals surface area contributed by atoms with Gasteiger partial charge in [0.15, 0.2) is 11.8 Å². The number of amides is 1. The van der Waals surface area contributed by atoms with E-state index in [1.54, 1.807) is 23.7 Å². The Morgan fingerprint density at radius 3 is 2.00 bits per heavy atom. The van der Waals surface area contributed by atoms with Crippen LogP contribution in [0.15, 0.2) is 83.5 Å². The van der Waals surface area contributed by atoms with Gasteiger partial charge >= 0.3 is 0 Å². The molecule has 2 aromatic carbocycles. The molecule has 0 unspecified atom stereocenters. The first-order valence-electron chi connectivity index (χ1n) is 8.65. The smallest absolute Gasteiger partial charge is 0.290 e. The van der Waals surface area contributed by atoms with Gasteiger partial charge in [0.2, 0.25) is 0 Å². The van der Waals surface area contributed by atoms with E-state index in [2.05, 4.69) is 0 Å². The lowest BCUT2D eigenvalue weighted by Crippen LogP contribution is -2.91. The number of rotatable bonds is 8. The van der Waals surface area contributed by atoms with Crippen molar-refractivity contribution in [3.05, 3.63) is 84.8 Å². The molecule has 27 heavy (non-hydrogen) atoms. The van der Waals surface area contributed by atoms with Crippen LogP contribution in [0.5, 0.6) is 0 Å². The van der Waals surface area contributed by atoms with Crippen LogP contribution >= 0.6 is 0 Å². The molecule has 0 radical (unpaired) electrons. The zero-order chi connectivity index (χ0) is 19.1. The molecule has 1 atom stereocenters. The average molecular weight is 364 g/mol. The van der Waals surface area contributed by atoms with E-state index in [1.807, 2.05) is 60.7 Å². The van der Waals surface area contributed by atoms with Crippen molar-refractivity contribution < 1.29 is 24.4 Å². The monoisotopic (exact) mass is 364 g/mol. The van der Waals surface area contributed by atoms with Crippen molar-refractivity contribution in [3.8, 4) is 0 Å². The van der Waals surface area contributed by atoms with Crippen LogP contribution in [0.1, 0.15) is 12.2 Å². The summed E-state index contributed by atoms with van der Waals surface area (Å²) in [5.41, 5.74) is 1.34. The standard InChI is InChI=1S/C21H20N2O4/c24-20(25)14-19(22-15-18-12-7-13-27-18)21(26)23(16-8-3-1-4-9-16)17-10-5-2-6-11-17/h1-13,19,22H,14-15H2,(H,24,25)/t19-/m0/s1. The quantitative estimate of drug-likeness (QED) is 0.651. The van der Waals surface area contributed by atoms with Crippen molar-refractivity contribution in [1.29, 1.82) is 0 Å². The second kappa shape index (κ2) is 8.82. The molecule has 0 saturated carbocycles. The molecule has 3 aromatic rings. The molecule has 0 spiro atoms. The lowest BCUT2D eigenvalue weighted by Gasteiger charge is -2.26. The maximum absolute atomic E-state index is 13.3. The molecule has 1 amide bonds. The van der Waals surface area contributed by atoms with Gasteiger partial charge in [0.1, 0.15) is 6.54 Å². The van der Waals surface area contributed by atoms with Gasteiger partial charge in [-0.15, -0.1) is 0 Å². The second-order valence-corrected chi connectivity index (χ2v) is 6.05. The first-order valence-corrected chi connectivity index (χ1v) is 8.65. The van der Waals surface area contributed by atoms with Gasteiger partial charge < -0.3 is 19.6 Å². The Morgan fingerprint density at radius 2 is 1.52 bits per heavy atom. The van der Waals surface area contributed by atoms with Gasteiger partial charge in [-0.3, -0.25) is 9.69 Å². The number of hydrogen-bond acceptors (Lipinski definition) is 4. The number of quaternary nitrogens is 1. The second-order valence-electron chi connectivity index (χ2n) is 6.05. The number of aliphatic carboxylic acids is 1. The Balaban J connectivity index is 1.90. The molecule has 0 aliphatic heterocycles. The Kier molecular flexibility index (Phi) is 6.02. The molecule has 138 valence electrons. The first kappa shape index (κ1) is 18.4. The maximum atomic E-state index is 13.3. The lowest BCUT2D eigenvalue weighted by atomic mass is 10.1. The van der Waals surface area contributed by atoms with Crippen LogP contribution in [-0.4, -0.2) is 17.9 Å². The summed E-state index contributed by atoms with van der Waals surface area (Å²) in [6.45, 7) is 0.355. The fourth-order valence-electron chi connectivity index (χ4n) is 2.86. The van der Waals surface area contributed by atoms with Crippen molar-refractivity contribution in [2.24, 2.45) is 0 Å². The van der Waals surface area contributed by atoms with Crippen molar-refractivity contribution in [2.75, 3.05) is 4.90 Å². The molecule has 1 aromatic heterocycles. The Labute approximate surface area is 157 Å². The fraction of sp³-hybridized carbons (Fsp3) is 0.143. The van der Waals surface area contributed by atoms with Crippen LogP contribution in [0.3, 0.4) is 0 Å². The zero-order valence-corrected chi connectivity index (χ0v) is 14.7. The third-order valence-electron chi connectivity index (χ3n) is 4.14. The maximum Gasteiger partial charge on any atom is 0.290 e. The Morgan fingerprint density at radius 1 is 0.926 bits per heavy atom. The van der Waals surface area contributed by atoms with Gasteiger partial charge in [-0.05, 0) is 36.4 Å². The molecule has 2 N–H and O–H groups in total. The minimum absolute atomic E-state index is 0.330. The summed E-state index contributed by atoms with van der Waals surface area (Å²) in [7, 11) is 0. The summed E-state index contributed by atoms with van der Waals surface area (Å²) in [6.07, 6.45) is 1.15. The van der Waals surface area contributed by atoms with Crippen LogP contribution in [0.25, 0.3) is 0 Å². The summed E-state index contributed by atoms with van der Waals surface area (Å²) in [6, 6.07) is 21.0. The van der Waals surface area contributed by atoms with Crippen molar-refractivity contribution >= 4 is 23.3 Å². The number of para-hydroxylation sites is 2. The number of furan rings is 1. The third kappa shape index (κ3) is 4.83. The van der Waals surface area contributed by atoms with Crippen molar-refractivity contribution in [3.63, 3.8) is 0 Å². The van der Waals surface area contributed by atoms with Gasteiger partial charge in [-0.2, -0.15) is 0 Å². The molecule has 0 saturated heterocycles. The van der Waals surface area contributed by atoms with Gasteiger partial charge in [-0.1, -0.05) is 36.4 Å². The molecule has 0 aliphatic rings. The minimum atomic E-state index is -1.27. The number of anilines is 2. The van der Waals surface area contributed by atoms with Crippen molar-refractivity contribution in [2.45, 2.75) is 19.0 Å². The van der Waals surface area contributed by atoms with Gasteiger partial charge in [-0.25, -0.2) is 0 Å². The van der Waals surface area contributed by atoms with E-state index in [9.17, 15) is 14.7 Å². The average Bonchev–Trinajstić information content (AvgIpc) is 3.20. The summed E-state index contributed by atoms with van der Waals surface area (Å²) >= 11 is 0. The van der Waals surface area contributed by atoms with Crippen LogP contribution in [0.4, 0.5) is 11.4 Å². The zero-order valence-electron chi connectivity index (χ0n) is 14.7. The van der Waals surface area contributed by atoms with E-state index < -0.39 is 18.4 Å². The summed E-state index contributed by atoms with van der Waals surface area (Å²) < 4.78 is 5.28. The van der Waals surface area contributed by atoms with Gasteiger partial charge in [0.05, 0.1) is 6.26 Å². The third-order valence-corrected chi connectivity index (χ3v) is 4.14. The summed E-state index contributed by atoms with van der Waals surface area (Å²) in [5.74, 6) is -0.939. The SMILES string of the molecule is O=C([O-])C[C@H]([NH2+]Cc1ccco1)C(=O)N(c1ccccc1)c1ccccc1. The predicted molar refractivity (Wildman–Crippen MR) is 97.8 cm³/mol. The highest BCUT2D eigenvalue weighted by Gasteiger charge is 2.30. The molecule has 0 fully saturated rings. The molecular formula is C21H20N2O4. The highest BCUT2D eigenvalue weighted by molar-refractivity contribution is 6.03. The van der Waals surface area contributed by atoms with E-state index in [-0.39, 0.29) is 5.91 Å². The largest absolute Gasteiger partial charge is 0.550 e. The molecule has 1 heterocycles. The number of benzene rings is 2. The van der Waals surface area contributed by atoms with E-state index >= 15 is 0 Å². The predicted octanol–water partition coefficient (Wildman–Crippen LogP) is 1.22. The number of carboxylic acid groups (broad SMARTS) is 1. The van der Waals surface area contributed by atoms with Crippen LogP contribution < -0.4 is 15.3 Å². The van der Waals surface area contributed by atoms with Crippen LogP contribution in [-0.2, 0) is 16.1 Å². The van der Waals surface area contributed by atoms with Gasteiger partial charge in [0, 0.05) is 23.8 Å². The van der Waals surface area contributed by atoms with E-state index in [4.69, 9.17) is 4.42 Å². The Hall–Kier alpha value is -3.38. The molecule has 6 nitrogen and oxygen atoms in total. The molecule has 6 heteroatoms. The topological polar surface area (TPSA) is 90.2 Å². The summed E-state index contributed by atoms with van der Waals surface area (Å²) in [5, 5.41) is 12.9.